The summed E-state index contributed by atoms with van der Waals surface area (Å²) in [5.74, 6) is 2.74. The Balaban J connectivity index is 1.29. The summed E-state index contributed by atoms with van der Waals surface area (Å²) >= 11 is 1.63. The SMILES string of the molecule is C=CC(=O)CC1CCC(Nc2nc(Nc3ccc(N4CCN(C(C)=O)CC4)cc3OC)nc3ccsc23)CC1. The van der Waals surface area contributed by atoms with E-state index in [1.54, 1.807) is 25.4 Å². The number of aromatic nitrogens is 2. The summed E-state index contributed by atoms with van der Waals surface area (Å²) in [6.45, 7) is 8.23. The van der Waals surface area contributed by atoms with E-state index in [0.717, 1.165) is 79.3 Å². The largest absolute Gasteiger partial charge is 0.494 e. The highest BCUT2D eigenvalue weighted by molar-refractivity contribution is 7.17. The summed E-state index contributed by atoms with van der Waals surface area (Å²) in [5, 5.41) is 9.07. The average Bonchev–Trinajstić information content (AvgIpc) is 3.43. The predicted molar refractivity (Wildman–Crippen MR) is 157 cm³/mol. The predicted octanol–water partition coefficient (Wildman–Crippen LogP) is 5.23. The molecular formula is C29H36N6O3S. The van der Waals surface area contributed by atoms with E-state index < -0.39 is 0 Å². The molecule has 9 nitrogen and oxygen atoms in total. The lowest BCUT2D eigenvalue weighted by Crippen LogP contribution is -2.48. The molecule has 1 aliphatic heterocycles. The van der Waals surface area contributed by atoms with Gasteiger partial charge in [-0.3, -0.25) is 9.59 Å². The van der Waals surface area contributed by atoms with Crippen LogP contribution in [0.25, 0.3) is 10.2 Å². The van der Waals surface area contributed by atoms with Crippen molar-refractivity contribution in [3.05, 3.63) is 42.3 Å². The molecule has 5 rings (SSSR count). The van der Waals surface area contributed by atoms with Crippen molar-refractivity contribution in [2.75, 3.05) is 48.8 Å². The molecule has 0 radical (unpaired) electrons. The highest BCUT2D eigenvalue weighted by Crippen LogP contribution is 2.35. The molecular weight excluding hydrogens is 512 g/mol. The lowest BCUT2D eigenvalue weighted by atomic mass is 9.83. The van der Waals surface area contributed by atoms with Crippen molar-refractivity contribution >= 4 is 56.4 Å². The van der Waals surface area contributed by atoms with Gasteiger partial charge in [0.15, 0.2) is 5.78 Å². The van der Waals surface area contributed by atoms with Crippen LogP contribution in [-0.2, 0) is 9.59 Å². The minimum Gasteiger partial charge on any atom is -0.494 e. The van der Waals surface area contributed by atoms with Gasteiger partial charge >= 0.3 is 0 Å². The summed E-state index contributed by atoms with van der Waals surface area (Å²) in [5.41, 5.74) is 2.74. The van der Waals surface area contributed by atoms with Crippen LogP contribution < -0.4 is 20.3 Å². The molecule has 10 heteroatoms. The smallest absolute Gasteiger partial charge is 0.229 e. The van der Waals surface area contributed by atoms with Crippen LogP contribution in [0.1, 0.15) is 39.0 Å². The Bertz CT molecular complexity index is 1340. The third kappa shape index (κ3) is 6.33. The third-order valence-corrected chi connectivity index (χ3v) is 8.64. The van der Waals surface area contributed by atoms with Crippen molar-refractivity contribution in [2.45, 2.75) is 45.1 Å². The number of fused-ring (bicyclic) bond motifs is 1. The van der Waals surface area contributed by atoms with E-state index in [1.165, 1.54) is 6.08 Å². The standard InChI is InChI=1S/C29H36N6O3S/c1-4-23(37)17-20-5-7-21(8-6-20)30-28-27-25(11-16-39-27)32-29(33-28)31-24-10-9-22(18-26(24)38-3)35-14-12-34(13-15-35)19(2)36/h4,9-11,16,18,20-21H,1,5-8,12-15,17H2,2-3H3,(H2,30,31,32,33). The summed E-state index contributed by atoms with van der Waals surface area (Å²) in [4.78, 5) is 37.2. The lowest BCUT2D eigenvalue weighted by Gasteiger charge is -2.35. The summed E-state index contributed by atoms with van der Waals surface area (Å²) < 4.78 is 6.76. The molecule has 0 unspecified atom stereocenters. The molecule has 2 fully saturated rings. The number of benzene rings is 1. The van der Waals surface area contributed by atoms with E-state index in [-0.39, 0.29) is 11.7 Å². The summed E-state index contributed by atoms with van der Waals surface area (Å²) in [7, 11) is 1.66. The molecule has 1 amide bonds. The second-order valence-corrected chi connectivity index (χ2v) is 11.2. The fourth-order valence-corrected chi connectivity index (χ4v) is 6.25. The number of thiophene rings is 1. The number of amides is 1. The average molecular weight is 549 g/mol. The number of allylic oxidation sites excluding steroid dienone is 1. The molecule has 2 aromatic heterocycles. The fraction of sp³-hybridized carbons (Fsp3) is 0.448. The zero-order valence-electron chi connectivity index (χ0n) is 22.6. The Labute approximate surface area is 233 Å². The normalized spacial score (nSPS) is 19.5. The maximum atomic E-state index is 11.8. The van der Waals surface area contributed by atoms with Gasteiger partial charge in [0.2, 0.25) is 11.9 Å². The maximum absolute atomic E-state index is 11.8. The third-order valence-electron chi connectivity index (χ3n) is 7.73. The van der Waals surface area contributed by atoms with Gasteiger partial charge in [0.1, 0.15) is 11.6 Å². The van der Waals surface area contributed by atoms with Crippen LogP contribution in [0.4, 0.5) is 23.1 Å². The van der Waals surface area contributed by atoms with Crippen LogP contribution in [0.3, 0.4) is 0 Å². The molecule has 1 aromatic carbocycles. The number of rotatable bonds is 9. The Morgan fingerprint density at radius 2 is 1.90 bits per heavy atom. The van der Waals surface area contributed by atoms with E-state index in [1.807, 2.05) is 28.5 Å². The first kappa shape index (κ1) is 26.9. The summed E-state index contributed by atoms with van der Waals surface area (Å²) in [6, 6.07) is 8.39. The van der Waals surface area contributed by atoms with Gasteiger partial charge in [-0.15, -0.1) is 11.3 Å². The van der Waals surface area contributed by atoms with Crippen LogP contribution >= 0.6 is 11.3 Å². The molecule has 206 valence electrons. The minimum atomic E-state index is 0.121. The van der Waals surface area contributed by atoms with Crippen molar-refractivity contribution < 1.29 is 14.3 Å². The van der Waals surface area contributed by atoms with Gasteiger partial charge in [-0.2, -0.15) is 4.98 Å². The van der Waals surface area contributed by atoms with Crippen LogP contribution in [0, 0.1) is 5.92 Å². The van der Waals surface area contributed by atoms with Crippen molar-refractivity contribution in [1.82, 2.24) is 14.9 Å². The Hall–Kier alpha value is -3.66. The zero-order chi connectivity index (χ0) is 27.4. The van der Waals surface area contributed by atoms with E-state index >= 15 is 0 Å². The molecule has 0 bridgehead atoms. The Kier molecular flexibility index (Phi) is 8.30. The maximum Gasteiger partial charge on any atom is 0.229 e. The second kappa shape index (κ2) is 12.0. The first-order chi connectivity index (χ1) is 18.9. The first-order valence-electron chi connectivity index (χ1n) is 13.6. The topological polar surface area (TPSA) is 99.7 Å². The highest BCUT2D eigenvalue weighted by Gasteiger charge is 2.24. The Morgan fingerprint density at radius 3 is 2.59 bits per heavy atom. The molecule has 2 N–H and O–H groups in total. The number of piperazine rings is 1. The molecule has 39 heavy (non-hydrogen) atoms. The van der Waals surface area contributed by atoms with Gasteiger partial charge in [0.05, 0.1) is 23.0 Å². The quantitative estimate of drug-likeness (QED) is 0.351. The van der Waals surface area contributed by atoms with Crippen LogP contribution in [0.15, 0.2) is 42.3 Å². The van der Waals surface area contributed by atoms with Gasteiger partial charge in [0, 0.05) is 57.3 Å². The number of carbonyl (C=O) groups excluding carboxylic acids is 2. The second-order valence-electron chi connectivity index (χ2n) is 10.3. The van der Waals surface area contributed by atoms with Gasteiger partial charge in [-0.05, 0) is 61.3 Å². The number of nitrogens with one attached hydrogen (secondary N) is 2. The Morgan fingerprint density at radius 1 is 1.13 bits per heavy atom. The van der Waals surface area contributed by atoms with Gasteiger partial charge in [-0.25, -0.2) is 4.98 Å². The fourth-order valence-electron chi connectivity index (χ4n) is 5.47. The molecule has 1 aliphatic carbocycles. The lowest BCUT2D eigenvalue weighted by molar-refractivity contribution is -0.129. The number of anilines is 4. The number of hydrogen-bond acceptors (Lipinski definition) is 9. The number of hydrogen-bond donors (Lipinski definition) is 2. The van der Waals surface area contributed by atoms with Crippen molar-refractivity contribution in [3.63, 3.8) is 0 Å². The zero-order valence-corrected chi connectivity index (χ0v) is 23.4. The number of ether oxygens (including phenoxy) is 1. The van der Waals surface area contributed by atoms with Crippen LogP contribution in [-0.4, -0.2) is 65.9 Å². The van der Waals surface area contributed by atoms with Gasteiger partial charge in [-0.1, -0.05) is 6.58 Å². The van der Waals surface area contributed by atoms with Gasteiger partial charge < -0.3 is 25.2 Å². The highest BCUT2D eigenvalue weighted by atomic mass is 32.1. The van der Waals surface area contributed by atoms with Crippen LogP contribution in [0.5, 0.6) is 5.75 Å². The van der Waals surface area contributed by atoms with E-state index in [9.17, 15) is 9.59 Å². The van der Waals surface area contributed by atoms with E-state index in [2.05, 4.69) is 28.2 Å². The summed E-state index contributed by atoms with van der Waals surface area (Å²) in [6.07, 6.45) is 6.09. The monoisotopic (exact) mass is 548 g/mol. The number of nitrogens with zero attached hydrogens (tertiary/aromatic N) is 4. The molecule has 0 atom stereocenters. The van der Waals surface area contributed by atoms with Crippen molar-refractivity contribution in [2.24, 2.45) is 5.92 Å². The number of ketones is 1. The van der Waals surface area contributed by atoms with Crippen molar-refractivity contribution in [3.8, 4) is 5.75 Å². The number of carbonyl (C=O) groups is 2. The van der Waals surface area contributed by atoms with Crippen LogP contribution in [0.2, 0.25) is 0 Å². The van der Waals surface area contributed by atoms with Crippen molar-refractivity contribution in [1.29, 1.82) is 0 Å². The first-order valence-corrected chi connectivity index (χ1v) is 14.4. The minimum absolute atomic E-state index is 0.121. The molecule has 3 heterocycles. The van der Waals surface area contributed by atoms with E-state index in [4.69, 9.17) is 14.7 Å². The number of methoxy groups -OCH3 is 1. The van der Waals surface area contributed by atoms with Gasteiger partial charge in [0.25, 0.3) is 0 Å². The molecule has 2 aliphatic rings. The molecule has 3 aromatic rings. The molecule has 0 spiro atoms. The van der Waals surface area contributed by atoms with E-state index in [0.29, 0.717) is 30.1 Å². The molecule has 1 saturated heterocycles. The molecule has 1 saturated carbocycles.